The Morgan fingerprint density at radius 3 is 2.75 bits per heavy atom. The van der Waals surface area contributed by atoms with Gasteiger partial charge in [0.15, 0.2) is 0 Å². The van der Waals surface area contributed by atoms with Gasteiger partial charge in [0, 0.05) is 24.0 Å². The number of hydrogen-bond acceptors (Lipinski definition) is 4. The van der Waals surface area contributed by atoms with Gasteiger partial charge in [0.25, 0.3) is 0 Å². The van der Waals surface area contributed by atoms with Gasteiger partial charge >= 0.3 is 0 Å². The minimum Gasteiger partial charge on any atom is -0.354 e. The van der Waals surface area contributed by atoms with Crippen LogP contribution in [0.4, 0.5) is 0 Å². The van der Waals surface area contributed by atoms with Crippen molar-refractivity contribution in [3.63, 3.8) is 0 Å². The molecule has 1 aromatic heterocycles. The van der Waals surface area contributed by atoms with Gasteiger partial charge in [-0.15, -0.1) is 11.3 Å². The number of aromatic nitrogens is 1. The quantitative estimate of drug-likeness (QED) is 0.812. The van der Waals surface area contributed by atoms with E-state index in [0.717, 1.165) is 17.1 Å². The van der Waals surface area contributed by atoms with Crippen LogP contribution in [0.2, 0.25) is 0 Å². The number of carbonyl (C=O) groups is 1. The Labute approximate surface area is 100 Å². The molecule has 4 nitrogen and oxygen atoms in total. The third kappa shape index (κ3) is 3.57. The van der Waals surface area contributed by atoms with E-state index in [-0.39, 0.29) is 5.91 Å². The zero-order chi connectivity index (χ0) is 12.2. The Kier molecular flexibility index (Phi) is 4.44. The lowest BCUT2D eigenvalue weighted by atomic mass is 10.1. The monoisotopic (exact) mass is 241 g/mol. The average Bonchev–Trinajstić information content (AvgIpc) is 2.64. The predicted molar refractivity (Wildman–Crippen MR) is 66.7 cm³/mol. The molecule has 1 heterocycles. The fraction of sp³-hybridized carbons (Fsp3) is 0.636. The van der Waals surface area contributed by atoms with E-state index in [9.17, 15) is 4.79 Å². The molecule has 5 heteroatoms. The highest BCUT2D eigenvalue weighted by atomic mass is 32.1. The second kappa shape index (κ2) is 5.41. The Hall–Kier alpha value is -0.940. The van der Waals surface area contributed by atoms with Crippen molar-refractivity contribution in [2.75, 3.05) is 13.6 Å². The maximum Gasteiger partial charge on any atom is 0.239 e. The van der Waals surface area contributed by atoms with Gasteiger partial charge in [0.1, 0.15) is 0 Å². The molecule has 0 saturated carbocycles. The van der Waals surface area contributed by atoms with Crippen molar-refractivity contribution < 1.29 is 4.79 Å². The molecule has 0 atom stereocenters. The fourth-order valence-corrected chi connectivity index (χ4v) is 1.91. The minimum absolute atomic E-state index is 0.0169. The third-order valence-electron chi connectivity index (χ3n) is 2.48. The summed E-state index contributed by atoms with van der Waals surface area (Å²) in [4.78, 5) is 16.0. The molecule has 1 amide bonds. The topological polar surface area (TPSA) is 54.0 Å². The molecular formula is C11H19N3OS. The number of amides is 1. The molecule has 0 bridgehead atoms. The maximum atomic E-state index is 11.7. The van der Waals surface area contributed by atoms with Crippen molar-refractivity contribution in [3.05, 3.63) is 16.1 Å². The first-order valence-corrected chi connectivity index (χ1v) is 6.22. The first-order chi connectivity index (χ1) is 7.45. The highest BCUT2D eigenvalue weighted by Gasteiger charge is 2.24. The van der Waals surface area contributed by atoms with Crippen LogP contribution in [0.1, 0.15) is 24.5 Å². The van der Waals surface area contributed by atoms with E-state index in [1.54, 1.807) is 18.4 Å². The van der Waals surface area contributed by atoms with Crippen molar-refractivity contribution >= 4 is 17.2 Å². The Morgan fingerprint density at radius 2 is 2.25 bits per heavy atom. The van der Waals surface area contributed by atoms with E-state index in [0.29, 0.717) is 6.54 Å². The van der Waals surface area contributed by atoms with Crippen LogP contribution >= 0.6 is 11.3 Å². The number of nitrogens with zero attached hydrogens (tertiary/aromatic N) is 1. The van der Waals surface area contributed by atoms with E-state index < -0.39 is 5.54 Å². The van der Waals surface area contributed by atoms with Gasteiger partial charge in [0.05, 0.1) is 10.5 Å². The van der Waals surface area contributed by atoms with E-state index >= 15 is 0 Å². The van der Waals surface area contributed by atoms with Crippen molar-refractivity contribution in [1.82, 2.24) is 15.6 Å². The van der Waals surface area contributed by atoms with Gasteiger partial charge in [-0.05, 0) is 27.8 Å². The predicted octanol–water partition coefficient (Wildman–Crippen LogP) is 1.11. The van der Waals surface area contributed by atoms with Gasteiger partial charge in [0.2, 0.25) is 5.91 Å². The summed E-state index contributed by atoms with van der Waals surface area (Å²) in [6.45, 7) is 6.32. The second-order valence-electron chi connectivity index (χ2n) is 4.26. The highest BCUT2D eigenvalue weighted by Crippen LogP contribution is 2.08. The molecule has 0 spiro atoms. The molecule has 1 rings (SSSR count). The molecule has 0 saturated heterocycles. The summed E-state index contributed by atoms with van der Waals surface area (Å²) >= 11 is 1.64. The molecule has 0 aliphatic rings. The summed E-state index contributed by atoms with van der Waals surface area (Å²) in [6, 6.07) is 0. The first kappa shape index (κ1) is 13.1. The Bertz CT molecular complexity index is 360. The Balaban J connectivity index is 2.33. The van der Waals surface area contributed by atoms with E-state index in [1.165, 1.54) is 0 Å². The van der Waals surface area contributed by atoms with E-state index in [4.69, 9.17) is 0 Å². The van der Waals surface area contributed by atoms with Crippen LogP contribution in [0.3, 0.4) is 0 Å². The SMILES string of the molecule is CNC(C)(C)C(=O)NCCc1nc(C)cs1. The maximum absolute atomic E-state index is 11.7. The van der Waals surface area contributed by atoms with Gasteiger partial charge in [-0.25, -0.2) is 4.98 Å². The highest BCUT2D eigenvalue weighted by molar-refractivity contribution is 7.09. The van der Waals surface area contributed by atoms with Gasteiger partial charge in [-0.1, -0.05) is 0 Å². The van der Waals surface area contributed by atoms with Gasteiger partial charge in [-0.2, -0.15) is 0 Å². The zero-order valence-electron chi connectivity index (χ0n) is 10.3. The van der Waals surface area contributed by atoms with E-state index in [1.807, 2.05) is 26.2 Å². The summed E-state index contributed by atoms with van der Waals surface area (Å²) in [5.74, 6) is 0.0169. The minimum atomic E-state index is -0.515. The lowest BCUT2D eigenvalue weighted by Gasteiger charge is -2.22. The molecule has 0 radical (unpaired) electrons. The number of nitrogens with one attached hydrogen (secondary N) is 2. The van der Waals surface area contributed by atoms with Crippen molar-refractivity contribution in [1.29, 1.82) is 0 Å². The first-order valence-electron chi connectivity index (χ1n) is 5.34. The largest absolute Gasteiger partial charge is 0.354 e. The van der Waals surface area contributed by atoms with Crippen molar-refractivity contribution in [2.24, 2.45) is 0 Å². The van der Waals surface area contributed by atoms with Crippen LogP contribution in [-0.2, 0) is 11.2 Å². The number of rotatable bonds is 5. The van der Waals surface area contributed by atoms with Crippen LogP contribution in [0.25, 0.3) is 0 Å². The fourth-order valence-electron chi connectivity index (χ4n) is 1.13. The summed E-state index contributed by atoms with van der Waals surface area (Å²) < 4.78 is 0. The van der Waals surface area contributed by atoms with E-state index in [2.05, 4.69) is 15.6 Å². The molecule has 0 fully saturated rings. The number of hydrogen-bond donors (Lipinski definition) is 2. The van der Waals surface area contributed by atoms with Crippen LogP contribution in [0, 0.1) is 6.92 Å². The molecule has 16 heavy (non-hydrogen) atoms. The second-order valence-corrected chi connectivity index (χ2v) is 5.21. The number of carbonyl (C=O) groups excluding carboxylic acids is 1. The van der Waals surface area contributed by atoms with Gasteiger partial charge in [-0.3, -0.25) is 4.79 Å². The molecule has 0 aromatic carbocycles. The molecular weight excluding hydrogens is 222 g/mol. The Morgan fingerprint density at radius 1 is 1.56 bits per heavy atom. The van der Waals surface area contributed by atoms with Crippen molar-refractivity contribution in [3.8, 4) is 0 Å². The van der Waals surface area contributed by atoms with Gasteiger partial charge < -0.3 is 10.6 Å². The van der Waals surface area contributed by atoms with Crippen LogP contribution in [0.5, 0.6) is 0 Å². The summed E-state index contributed by atoms with van der Waals surface area (Å²) in [5, 5.41) is 8.96. The number of thiazole rings is 1. The summed E-state index contributed by atoms with van der Waals surface area (Å²) in [6.07, 6.45) is 0.796. The average molecular weight is 241 g/mol. The number of likely N-dealkylation sites (N-methyl/N-ethyl adjacent to an activating group) is 1. The lowest BCUT2D eigenvalue weighted by molar-refractivity contribution is -0.126. The molecule has 0 aliphatic carbocycles. The molecule has 0 unspecified atom stereocenters. The van der Waals surface area contributed by atoms with Crippen LogP contribution in [0.15, 0.2) is 5.38 Å². The molecule has 0 aliphatic heterocycles. The smallest absolute Gasteiger partial charge is 0.239 e. The van der Waals surface area contributed by atoms with Crippen molar-refractivity contribution in [2.45, 2.75) is 32.7 Å². The summed E-state index contributed by atoms with van der Waals surface area (Å²) in [5.41, 5.74) is 0.528. The number of aryl methyl sites for hydroxylation is 1. The standard InChI is InChI=1S/C11H19N3OS/c1-8-7-16-9(14-8)5-6-13-10(15)11(2,3)12-4/h7,12H,5-6H2,1-4H3,(H,13,15). The third-order valence-corrected chi connectivity index (χ3v) is 3.51. The zero-order valence-corrected chi connectivity index (χ0v) is 11.1. The molecule has 1 aromatic rings. The lowest BCUT2D eigenvalue weighted by Crippen LogP contribution is -2.51. The molecule has 2 N–H and O–H groups in total. The summed E-state index contributed by atoms with van der Waals surface area (Å²) in [7, 11) is 1.78. The van der Waals surface area contributed by atoms with Crippen LogP contribution < -0.4 is 10.6 Å². The normalized spacial score (nSPS) is 11.5. The molecule has 90 valence electrons. The van der Waals surface area contributed by atoms with Crippen LogP contribution in [-0.4, -0.2) is 30.0 Å².